The lowest BCUT2D eigenvalue weighted by atomic mass is 10.1. The molecule has 0 saturated heterocycles. The number of benzene rings is 2. The van der Waals surface area contributed by atoms with Crippen LogP contribution in [0.5, 0.6) is 5.75 Å². The van der Waals surface area contributed by atoms with Crippen LogP contribution in [0.15, 0.2) is 36.4 Å². The number of rotatable bonds is 6. The third kappa shape index (κ3) is 3.93. The zero-order chi connectivity index (χ0) is 21.1. The maximum absolute atomic E-state index is 12.4. The van der Waals surface area contributed by atoms with Gasteiger partial charge in [-0.05, 0) is 25.1 Å². The lowest BCUT2D eigenvalue weighted by molar-refractivity contribution is -0.116. The normalized spacial score (nSPS) is 12.6. The van der Waals surface area contributed by atoms with Crippen molar-refractivity contribution >= 4 is 41.0 Å². The molecule has 0 atom stereocenters. The van der Waals surface area contributed by atoms with Gasteiger partial charge in [0.15, 0.2) is 0 Å². The zero-order valence-electron chi connectivity index (χ0n) is 15.7. The summed E-state index contributed by atoms with van der Waals surface area (Å²) >= 11 is 6.17. The highest BCUT2D eigenvalue weighted by Gasteiger charge is 2.36. The average Bonchev–Trinajstić information content (AvgIpc) is 2.94. The molecule has 8 nitrogen and oxygen atoms in total. The number of hydrogen-bond acceptors (Lipinski definition) is 6. The molecule has 0 spiro atoms. The molecule has 1 heterocycles. The number of amides is 3. The third-order valence-corrected chi connectivity index (χ3v) is 4.55. The van der Waals surface area contributed by atoms with E-state index in [4.69, 9.17) is 21.1 Å². The van der Waals surface area contributed by atoms with E-state index in [1.807, 2.05) is 0 Å². The summed E-state index contributed by atoms with van der Waals surface area (Å²) in [7, 11) is 1.36. The highest BCUT2D eigenvalue weighted by Crippen LogP contribution is 2.31. The Morgan fingerprint density at radius 1 is 1.10 bits per heavy atom. The molecule has 0 unspecified atom stereocenters. The van der Waals surface area contributed by atoms with Crippen molar-refractivity contribution in [3.05, 3.63) is 58.1 Å². The van der Waals surface area contributed by atoms with Crippen LogP contribution in [0.3, 0.4) is 0 Å². The van der Waals surface area contributed by atoms with Crippen molar-refractivity contribution in [1.82, 2.24) is 4.90 Å². The summed E-state index contributed by atoms with van der Waals surface area (Å²) in [5.74, 6) is -2.17. The number of carbonyl (C=O) groups excluding carboxylic acids is 4. The van der Waals surface area contributed by atoms with Crippen molar-refractivity contribution in [3.63, 3.8) is 0 Å². The van der Waals surface area contributed by atoms with Crippen LogP contribution >= 0.6 is 11.6 Å². The van der Waals surface area contributed by atoms with Crippen molar-refractivity contribution in [3.8, 4) is 5.75 Å². The number of ether oxygens (including phenoxy) is 2. The van der Waals surface area contributed by atoms with Gasteiger partial charge in [0, 0.05) is 6.07 Å². The molecule has 0 saturated carbocycles. The lowest BCUT2D eigenvalue weighted by Gasteiger charge is -2.16. The van der Waals surface area contributed by atoms with Gasteiger partial charge < -0.3 is 14.8 Å². The molecule has 150 valence electrons. The topological polar surface area (TPSA) is 102 Å². The maximum Gasteiger partial charge on any atom is 0.341 e. The van der Waals surface area contributed by atoms with E-state index in [2.05, 4.69) is 5.32 Å². The fourth-order valence-electron chi connectivity index (χ4n) is 2.90. The van der Waals surface area contributed by atoms with Crippen LogP contribution in [0.1, 0.15) is 38.0 Å². The van der Waals surface area contributed by atoms with Crippen molar-refractivity contribution < 1.29 is 28.7 Å². The van der Waals surface area contributed by atoms with Crippen LogP contribution in [-0.4, -0.2) is 48.9 Å². The van der Waals surface area contributed by atoms with E-state index in [1.165, 1.54) is 31.4 Å². The molecule has 0 aliphatic carbocycles. The fraction of sp³-hybridized carbons (Fsp3) is 0.200. The van der Waals surface area contributed by atoms with Gasteiger partial charge in [-0.15, -0.1) is 0 Å². The fourth-order valence-corrected chi connectivity index (χ4v) is 3.11. The number of carbonyl (C=O) groups is 4. The quantitative estimate of drug-likeness (QED) is 0.574. The molecule has 29 heavy (non-hydrogen) atoms. The highest BCUT2D eigenvalue weighted by molar-refractivity contribution is 6.34. The molecule has 0 aromatic heterocycles. The number of nitrogens with one attached hydrogen (secondary N) is 1. The van der Waals surface area contributed by atoms with E-state index in [-0.39, 0.29) is 39.8 Å². The minimum Gasteiger partial charge on any atom is -0.496 e. The molecule has 1 N–H and O–H groups in total. The summed E-state index contributed by atoms with van der Waals surface area (Å²) in [4.78, 5) is 50.0. The molecule has 2 aromatic carbocycles. The van der Waals surface area contributed by atoms with Crippen LogP contribution in [0.4, 0.5) is 5.69 Å². The second-order valence-corrected chi connectivity index (χ2v) is 6.45. The average molecular weight is 417 g/mol. The van der Waals surface area contributed by atoms with Crippen molar-refractivity contribution in [1.29, 1.82) is 0 Å². The Morgan fingerprint density at radius 3 is 2.28 bits per heavy atom. The van der Waals surface area contributed by atoms with E-state index in [0.29, 0.717) is 0 Å². The van der Waals surface area contributed by atoms with Gasteiger partial charge in [-0.3, -0.25) is 19.3 Å². The van der Waals surface area contributed by atoms with Gasteiger partial charge in [-0.25, -0.2) is 4.79 Å². The number of imide groups is 1. The lowest BCUT2D eigenvalue weighted by Crippen LogP contribution is -2.37. The number of hydrogen-bond donors (Lipinski definition) is 1. The number of methoxy groups -OCH3 is 1. The van der Waals surface area contributed by atoms with Gasteiger partial charge in [-0.2, -0.15) is 0 Å². The third-order valence-electron chi connectivity index (χ3n) is 4.24. The van der Waals surface area contributed by atoms with E-state index in [0.717, 1.165) is 4.90 Å². The Hall–Kier alpha value is -3.39. The molecular weight excluding hydrogens is 400 g/mol. The summed E-state index contributed by atoms with van der Waals surface area (Å²) in [6, 6.07) is 9.03. The zero-order valence-corrected chi connectivity index (χ0v) is 16.4. The first-order valence-electron chi connectivity index (χ1n) is 8.67. The van der Waals surface area contributed by atoms with E-state index in [9.17, 15) is 19.2 Å². The van der Waals surface area contributed by atoms with Crippen LogP contribution in [0.2, 0.25) is 5.02 Å². The number of anilines is 1. The first-order chi connectivity index (χ1) is 13.9. The molecule has 9 heteroatoms. The first-order valence-corrected chi connectivity index (χ1v) is 9.04. The minimum absolute atomic E-state index is 0.0737. The first kappa shape index (κ1) is 20.3. The molecule has 3 rings (SSSR count). The van der Waals surface area contributed by atoms with Crippen LogP contribution < -0.4 is 10.1 Å². The van der Waals surface area contributed by atoms with Crippen molar-refractivity contribution in [2.24, 2.45) is 0 Å². The van der Waals surface area contributed by atoms with E-state index >= 15 is 0 Å². The van der Waals surface area contributed by atoms with E-state index in [1.54, 1.807) is 19.1 Å². The molecule has 2 aromatic rings. The predicted octanol–water partition coefficient (Wildman–Crippen LogP) is 2.76. The molecular formula is C20H17ClN2O6. The molecule has 0 fully saturated rings. The standard InChI is InChI=1S/C20H17ClN2O6/c1-3-29-20(27)13-8-14(21)15(9-16(13)28-2)22-17(24)10-23-18(25)11-6-4-5-7-12(11)19(23)26/h4-9H,3,10H2,1-2H3,(H,22,24). The summed E-state index contributed by atoms with van der Waals surface area (Å²) in [5.41, 5.74) is 0.781. The Morgan fingerprint density at radius 2 is 1.72 bits per heavy atom. The van der Waals surface area contributed by atoms with Crippen LogP contribution in [-0.2, 0) is 9.53 Å². The predicted molar refractivity (Wildman–Crippen MR) is 104 cm³/mol. The molecule has 0 bridgehead atoms. The summed E-state index contributed by atoms with van der Waals surface area (Å²) in [6.07, 6.45) is 0. The van der Waals surface area contributed by atoms with Crippen molar-refractivity contribution in [2.75, 3.05) is 25.6 Å². The van der Waals surface area contributed by atoms with Gasteiger partial charge >= 0.3 is 5.97 Å². The smallest absolute Gasteiger partial charge is 0.341 e. The Balaban J connectivity index is 1.77. The second-order valence-electron chi connectivity index (χ2n) is 6.04. The van der Waals surface area contributed by atoms with Crippen molar-refractivity contribution in [2.45, 2.75) is 6.92 Å². The van der Waals surface area contributed by atoms with Gasteiger partial charge in [0.25, 0.3) is 11.8 Å². The Kier molecular flexibility index (Phi) is 5.84. The molecule has 3 amide bonds. The molecule has 1 aliphatic rings. The number of nitrogens with zero attached hydrogens (tertiary/aromatic N) is 1. The van der Waals surface area contributed by atoms with E-state index < -0.39 is 30.2 Å². The SMILES string of the molecule is CCOC(=O)c1cc(Cl)c(NC(=O)CN2C(=O)c3ccccc3C2=O)cc1OC. The molecule has 0 radical (unpaired) electrons. The minimum atomic E-state index is -0.632. The summed E-state index contributed by atoms with van der Waals surface area (Å²) in [6.45, 7) is 1.36. The molecule has 1 aliphatic heterocycles. The second kappa shape index (κ2) is 8.32. The van der Waals surface area contributed by atoms with Gasteiger partial charge in [0.05, 0.1) is 35.6 Å². The summed E-state index contributed by atoms with van der Waals surface area (Å²) < 4.78 is 10.1. The monoisotopic (exact) mass is 416 g/mol. The highest BCUT2D eigenvalue weighted by atomic mass is 35.5. The number of esters is 1. The Bertz CT molecular complexity index is 985. The largest absolute Gasteiger partial charge is 0.496 e. The van der Waals surface area contributed by atoms with Gasteiger partial charge in [0.2, 0.25) is 5.91 Å². The number of fused-ring (bicyclic) bond motifs is 1. The van der Waals surface area contributed by atoms with Crippen LogP contribution in [0, 0.1) is 0 Å². The van der Waals surface area contributed by atoms with Gasteiger partial charge in [0.1, 0.15) is 17.9 Å². The number of halogens is 1. The van der Waals surface area contributed by atoms with Gasteiger partial charge in [-0.1, -0.05) is 23.7 Å². The summed E-state index contributed by atoms with van der Waals surface area (Å²) in [5, 5.41) is 2.60. The van der Waals surface area contributed by atoms with Crippen LogP contribution in [0.25, 0.3) is 0 Å². The Labute approximate surface area is 171 Å². The maximum atomic E-state index is 12.4.